The highest BCUT2D eigenvalue weighted by molar-refractivity contribution is 5.85. The van der Waals surface area contributed by atoms with Crippen LogP contribution in [0.1, 0.15) is 38.5 Å². The van der Waals surface area contributed by atoms with E-state index in [9.17, 15) is 9.59 Å². The lowest BCUT2D eigenvalue weighted by atomic mass is 9.92. The topological polar surface area (TPSA) is 110 Å². The number of nitrogens with two attached hydrogens (primary N) is 2. The van der Waals surface area contributed by atoms with Crippen LogP contribution in [0.5, 0.6) is 0 Å². The van der Waals surface area contributed by atoms with E-state index in [1.807, 2.05) is 0 Å². The summed E-state index contributed by atoms with van der Waals surface area (Å²) in [4.78, 5) is 23.0. The Hall–Kier alpha value is -1.14. The highest BCUT2D eigenvalue weighted by Crippen LogP contribution is 2.39. The molecular formula is C13H24N4O2. The molecule has 2 fully saturated rings. The summed E-state index contributed by atoms with van der Waals surface area (Å²) < 4.78 is 0. The molecule has 108 valence electrons. The lowest BCUT2D eigenvalue weighted by molar-refractivity contribution is -0.124. The molecule has 2 amide bonds. The van der Waals surface area contributed by atoms with Gasteiger partial charge in [0.2, 0.25) is 11.8 Å². The van der Waals surface area contributed by atoms with Gasteiger partial charge in [-0.15, -0.1) is 0 Å². The number of carbonyl (C=O) groups is 2. The van der Waals surface area contributed by atoms with Crippen molar-refractivity contribution < 1.29 is 9.59 Å². The molecule has 0 heterocycles. The Kier molecular flexibility index (Phi) is 4.10. The van der Waals surface area contributed by atoms with Crippen LogP contribution in [0, 0.1) is 5.92 Å². The normalized spacial score (nSPS) is 32.2. The Labute approximate surface area is 113 Å². The molecule has 0 saturated heterocycles. The second kappa shape index (κ2) is 5.46. The molecule has 19 heavy (non-hydrogen) atoms. The zero-order valence-electron chi connectivity index (χ0n) is 11.4. The Bertz CT molecular complexity index is 370. The highest BCUT2D eigenvalue weighted by atomic mass is 16.2. The van der Waals surface area contributed by atoms with Gasteiger partial charge in [-0.05, 0) is 51.5 Å². The molecule has 0 aromatic carbocycles. The van der Waals surface area contributed by atoms with E-state index in [-0.39, 0.29) is 17.9 Å². The molecule has 3 unspecified atom stereocenters. The summed E-state index contributed by atoms with van der Waals surface area (Å²) in [6, 6.07) is 0.122. The van der Waals surface area contributed by atoms with Gasteiger partial charge in [0, 0.05) is 6.04 Å². The number of amides is 2. The molecule has 6 heteroatoms. The number of primary amides is 2. The second-order valence-corrected chi connectivity index (χ2v) is 5.95. The van der Waals surface area contributed by atoms with Crippen LogP contribution >= 0.6 is 0 Å². The van der Waals surface area contributed by atoms with Crippen LogP contribution in [0.15, 0.2) is 0 Å². The van der Waals surface area contributed by atoms with Crippen LogP contribution in [0.25, 0.3) is 0 Å². The molecule has 0 aromatic rings. The predicted octanol–water partition coefficient (Wildman–Crippen LogP) is -0.774. The number of hydrogen-bond donors (Lipinski definition) is 4. The van der Waals surface area contributed by atoms with Crippen LogP contribution < -0.4 is 22.1 Å². The lowest BCUT2D eigenvalue weighted by Crippen LogP contribution is -2.54. The summed E-state index contributed by atoms with van der Waals surface area (Å²) in [5.41, 5.74) is 10.4. The number of hydrogen-bond acceptors (Lipinski definition) is 4. The van der Waals surface area contributed by atoms with Crippen molar-refractivity contribution in [3.8, 4) is 0 Å². The molecule has 2 rings (SSSR count). The first-order chi connectivity index (χ1) is 8.97. The van der Waals surface area contributed by atoms with Crippen molar-refractivity contribution in [3.63, 3.8) is 0 Å². The molecule has 0 radical (unpaired) electrons. The molecular weight excluding hydrogens is 244 g/mol. The first kappa shape index (κ1) is 14.3. The molecule has 0 spiro atoms. The van der Waals surface area contributed by atoms with Crippen LogP contribution in [0.4, 0.5) is 0 Å². The van der Waals surface area contributed by atoms with Gasteiger partial charge in [0.25, 0.3) is 0 Å². The van der Waals surface area contributed by atoms with E-state index in [4.69, 9.17) is 11.5 Å². The summed E-state index contributed by atoms with van der Waals surface area (Å²) in [6.45, 7) is 0. The maximum Gasteiger partial charge on any atom is 0.237 e. The number of likely N-dealkylation sites (N-methyl/N-ethyl adjacent to an activating group) is 1. The Morgan fingerprint density at radius 1 is 1.32 bits per heavy atom. The van der Waals surface area contributed by atoms with Crippen molar-refractivity contribution in [1.29, 1.82) is 0 Å². The van der Waals surface area contributed by atoms with E-state index in [1.54, 1.807) is 7.05 Å². The summed E-state index contributed by atoms with van der Waals surface area (Å²) in [7, 11) is 1.73. The third-order valence-corrected chi connectivity index (χ3v) is 4.41. The lowest BCUT2D eigenvalue weighted by Gasteiger charge is -2.28. The minimum absolute atomic E-state index is 0.262. The number of rotatable bonds is 7. The first-order valence-corrected chi connectivity index (χ1v) is 7.01. The van der Waals surface area contributed by atoms with Gasteiger partial charge >= 0.3 is 0 Å². The fourth-order valence-corrected chi connectivity index (χ4v) is 3.10. The number of nitrogens with one attached hydrogen (secondary N) is 2. The monoisotopic (exact) mass is 268 g/mol. The van der Waals surface area contributed by atoms with Gasteiger partial charge in [-0.2, -0.15) is 0 Å². The SMILES string of the molecule is CNC(CC1CCC(NC2CC2)(C(N)=O)C1)C(N)=O. The van der Waals surface area contributed by atoms with Crippen LogP contribution in [-0.2, 0) is 9.59 Å². The van der Waals surface area contributed by atoms with Crippen molar-refractivity contribution in [1.82, 2.24) is 10.6 Å². The van der Waals surface area contributed by atoms with Crippen LogP contribution in [0.3, 0.4) is 0 Å². The van der Waals surface area contributed by atoms with E-state index in [0.29, 0.717) is 24.8 Å². The molecule has 2 saturated carbocycles. The highest BCUT2D eigenvalue weighted by Gasteiger charge is 2.47. The van der Waals surface area contributed by atoms with Gasteiger partial charge in [-0.25, -0.2) is 0 Å². The van der Waals surface area contributed by atoms with Crippen LogP contribution in [0.2, 0.25) is 0 Å². The second-order valence-electron chi connectivity index (χ2n) is 5.95. The molecule has 2 aliphatic rings. The quantitative estimate of drug-likeness (QED) is 0.486. The first-order valence-electron chi connectivity index (χ1n) is 7.01. The molecule has 6 N–H and O–H groups in total. The van der Waals surface area contributed by atoms with Gasteiger partial charge < -0.3 is 22.1 Å². The molecule has 6 nitrogen and oxygen atoms in total. The molecule has 3 atom stereocenters. The maximum atomic E-state index is 11.8. The standard InChI is InChI=1S/C13H24N4O2/c1-16-10(11(14)18)6-8-4-5-13(7-8,12(15)19)17-9-2-3-9/h8-10,16-17H,2-7H2,1H3,(H2,14,18)(H2,15,19). The third kappa shape index (κ3) is 3.25. The fourth-order valence-electron chi connectivity index (χ4n) is 3.10. The van der Waals surface area contributed by atoms with Gasteiger partial charge in [-0.3, -0.25) is 9.59 Å². The summed E-state index contributed by atoms with van der Waals surface area (Å²) >= 11 is 0. The molecule has 0 aliphatic heterocycles. The van der Waals surface area contributed by atoms with Crippen molar-refractivity contribution in [2.75, 3.05) is 7.05 Å². The van der Waals surface area contributed by atoms with Crippen LogP contribution in [-0.4, -0.2) is 36.5 Å². The van der Waals surface area contributed by atoms with Gasteiger partial charge in [0.1, 0.15) is 0 Å². The van der Waals surface area contributed by atoms with E-state index < -0.39 is 5.54 Å². The minimum atomic E-state index is -0.568. The molecule has 2 aliphatic carbocycles. The average molecular weight is 268 g/mol. The summed E-state index contributed by atoms with van der Waals surface area (Å²) in [6.07, 6.45) is 5.31. The van der Waals surface area contributed by atoms with Crippen molar-refractivity contribution >= 4 is 11.8 Å². The largest absolute Gasteiger partial charge is 0.368 e. The third-order valence-electron chi connectivity index (χ3n) is 4.41. The molecule has 0 bridgehead atoms. The predicted molar refractivity (Wildman–Crippen MR) is 72.1 cm³/mol. The Morgan fingerprint density at radius 3 is 2.47 bits per heavy atom. The van der Waals surface area contributed by atoms with Crippen molar-refractivity contribution in [2.45, 2.75) is 56.1 Å². The summed E-state index contributed by atoms with van der Waals surface area (Å²) in [5, 5.41) is 6.33. The number of carbonyl (C=O) groups excluding carboxylic acids is 2. The van der Waals surface area contributed by atoms with Crippen molar-refractivity contribution in [2.24, 2.45) is 17.4 Å². The summed E-state index contributed by atoms with van der Waals surface area (Å²) in [5.74, 6) is -0.292. The van der Waals surface area contributed by atoms with E-state index in [1.165, 1.54) is 0 Å². The zero-order valence-corrected chi connectivity index (χ0v) is 11.4. The smallest absolute Gasteiger partial charge is 0.237 e. The van der Waals surface area contributed by atoms with E-state index in [2.05, 4.69) is 10.6 Å². The maximum absolute atomic E-state index is 11.8. The zero-order chi connectivity index (χ0) is 14.0. The molecule has 0 aromatic heterocycles. The average Bonchev–Trinajstić information content (AvgIpc) is 3.05. The Balaban J connectivity index is 1.95. The Morgan fingerprint density at radius 2 is 2.00 bits per heavy atom. The van der Waals surface area contributed by atoms with Gasteiger partial charge in [-0.1, -0.05) is 0 Å². The van der Waals surface area contributed by atoms with E-state index in [0.717, 1.165) is 25.7 Å². The van der Waals surface area contributed by atoms with Crippen molar-refractivity contribution in [3.05, 3.63) is 0 Å². The fraction of sp³-hybridized carbons (Fsp3) is 0.846. The van der Waals surface area contributed by atoms with Gasteiger partial charge in [0.05, 0.1) is 11.6 Å². The minimum Gasteiger partial charge on any atom is -0.368 e. The van der Waals surface area contributed by atoms with E-state index >= 15 is 0 Å². The van der Waals surface area contributed by atoms with Gasteiger partial charge in [0.15, 0.2) is 0 Å².